The maximum atomic E-state index is 14.1. The summed E-state index contributed by atoms with van der Waals surface area (Å²) in [5, 5.41) is 2.06. The Balaban J connectivity index is 0.000000188. The Morgan fingerprint density at radius 1 is 0.894 bits per heavy atom. The van der Waals surface area contributed by atoms with E-state index in [1.54, 1.807) is 10.5 Å². The molecule has 0 unspecified atom stereocenters. The van der Waals surface area contributed by atoms with Crippen molar-refractivity contribution in [3.05, 3.63) is 114 Å². The predicted octanol–water partition coefficient (Wildman–Crippen LogP) is 11.1. The summed E-state index contributed by atoms with van der Waals surface area (Å²) < 4.78 is 17.4. The van der Waals surface area contributed by atoms with Gasteiger partial charge in [-0.1, -0.05) is 54.8 Å². The number of pyridine rings is 2. The maximum Gasteiger partial charge on any atom is 0.140 e. The Labute approximate surface area is 300 Å². The Morgan fingerprint density at radius 2 is 1.68 bits per heavy atom. The van der Waals surface area contributed by atoms with Crippen LogP contribution in [0.1, 0.15) is 50.7 Å². The van der Waals surface area contributed by atoms with Crippen LogP contribution in [-0.4, -0.2) is 23.2 Å². The zero-order valence-corrected chi connectivity index (χ0v) is 33.3. The van der Waals surface area contributed by atoms with Gasteiger partial charge in [0, 0.05) is 26.3 Å². The Bertz CT molecular complexity index is 1940. The number of hydrogen-bond donors (Lipinski definition) is 0. The summed E-state index contributed by atoms with van der Waals surface area (Å²) in [5.41, 5.74) is 6.93. The van der Waals surface area contributed by atoms with Crippen LogP contribution in [0.2, 0.25) is 17.3 Å². The van der Waals surface area contributed by atoms with Gasteiger partial charge in [0.25, 0.3) is 0 Å². The molecule has 6 aromatic rings. The average Bonchev–Trinajstić information content (AvgIpc) is 3.69. The first-order valence-electron chi connectivity index (χ1n) is 16.6. The fraction of sp³-hybridized carbons (Fsp3) is 0.317. The molecule has 0 N–H and O–H groups in total. The molecule has 47 heavy (non-hydrogen) atoms. The molecule has 0 amide bonds. The number of aromatic nitrogens is 2. The molecule has 0 aliphatic heterocycles. The number of benzene rings is 3. The van der Waals surface area contributed by atoms with Gasteiger partial charge in [-0.3, -0.25) is 0 Å². The molecule has 0 spiro atoms. The molecule has 3 aromatic heterocycles. The minimum Gasteiger partial charge on any atom is -0.305 e. The Morgan fingerprint density at radius 3 is 2.40 bits per heavy atom. The minimum absolute atomic E-state index is 0. The molecule has 2 nitrogen and oxygen atoms in total. The molecule has 1 saturated carbocycles. The van der Waals surface area contributed by atoms with Crippen LogP contribution in [0.4, 0.5) is 4.39 Å². The molecular weight excluding hydrogens is 836 g/mol. The summed E-state index contributed by atoms with van der Waals surface area (Å²) in [6, 6.07) is 30.7. The van der Waals surface area contributed by atoms with E-state index < -0.39 is 13.3 Å². The first-order chi connectivity index (χ1) is 22.2. The van der Waals surface area contributed by atoms with E-state index in [4.69, 9.17) is 4.98 Å². The summed E-state index contributed by atoms with van der Waals surface area (Å²) in [4.78, 5) is 9.27. The van der Waals surface area contributed by atoms with Crippen LogP contribution in [0.25, 0.3) is 42.7 Å². The smallest absolute Gasteiger partial charge is 0.140 e. The Kier molecular flexibility index (Phi) is 11.9. The summed E-state index contributed by atoms with van der Waals surface area (Å²) in [5.74, 6) is 8.66. The second-order valence-corrected chi connectivity index (χ2v) is 25.7. The van der Waals surface area contributed by atoms with Crippen molar-refractivity contribution in [2.75, 3.05) is 0 Å². The van der Waals surface area contributed by atoms with Crippen molar-refractivity contribution < 1.29 is 24.5 Å². The van der Waals surface area contributed by atoms with Crippen molar-refractivity contribution in [1.82, 2.24) is 9.97 Å². The van der Waals surface area contributed by atoms with Crippen LogP contribution in [0, 0.1) is 29.8 Å². The largest absolute Gasteiger partial charge is 0.305 e. The van der Waals surface area contributed by atoms with Crippen LogP contribution in [0.15, 0.2) is 85.2 Å². The molecule has 6 heteroatoms. The fourth-order valence-corrected chi connectivity index (χ4v) is 11.0. The molecule has 3 heterocycles. The standard InChI is InChI=1S/C23H19FNS.C18H24GeN.Ir/c24-20-7-3-6-18-19-14-17(8-9-22(19)26-23(18)20)21-13-16(10-11-25-21)12-15-4-1-2-5-15;1-14(2)11-16-12-18(15-9-7-6-8-10-15)20-13-17(16)19(3,4)5;/h3,6-7,9-11,13-15H,1-2,4-5,12H2;6-9,12-14H,11H2,1-5H3;/q2*-1;. The van der Waals surface area contributed by atoms with E-state index in [2.05, 4.69) is 84.8 Å². The predicted molar refractivity (Wildman–Crippen MR) is 197 cm³/mol. The van der Waals surface area contributed by atoms with Crippen LogP contribution >= 0.6 is 11.3 Å². The minimum atomic E-state index is -1.86. The van der Waals surface area contributed by atoms with Crippen molar-refractivity contribution in [3.8, 4) is 22.5 Å². The topological polar surface area (TPSA) is 25.8 Å². The zero-order valence-electron chi connectivity index (χ0n) is 28.0. The van der Waals surface area contributed by atoms with Crippen molar-refractivity contribution in [2.24, 2.45) is 11.8 Å². The van der Waals surface area contributed by atoms with E-state index in [0.29, 0.717) is 5.92 Å². The van der Waals surface area contributed by atoms with E-state index in [9.17, 15) is 4.39 Å². The molecule has 7 rings (SSSR count). The van der Waals surface area contributed by atoms with E-state index >= 15 is 0 Å². The van der Waals surface area contributed by atoms with Crippen LogP contribution in [0.5, 0.6) is 0 Å². The van der Waals surface area contributed by atoms with E-state index in [1.165, 1.54) is 54.2 Å². The molecule has 0 atom stereocenters. The second-order valence-electron chi connectivity index (χ2n) is 14.1. The quantitative estimate of drug-likeness (QED) is 0.118. The molecule has 1 radical (unpaired) electrons. The second kappa shape index (κ2) is 15.7. The van der Waals surface area contributed by atoms with Gasteiger partial charge in [-0.15, -0.1) is 23.8 Å². The number of thiophene rings is 1. The van der Waals surface area contributed by atoms with Crippen LogP contribution < -0.4 is 4.40 Å². The van der Waals surface area contributed by atoms with Crippen molar-refractivity contribution in [2.45, 2.75) is 69.6 Å². The molecule has 0 bridgehead atoms. The van der Waals surface area contributed by atoms with Crippen molar-refractivity contribution >= 4 is 49.2 Å². The average molecular weight is 880 g/mol. The molecule has 1 aliphatic rings. The van der Waals surface area contributed by atoms with Gasteiger partial charge in [-0.25, -0.2) is 4.39 Å². The van der Waals surface area contributed by atoms with Crippen LogP contribution in [0.3, 0.4) is 0 Å². The number of hydrogen-bond acceptors (Lipinski definition) is 3. The first kappa shape index (κ1) is 35.6. The van der Waals surface area contributed by atoms with Gasteiger partial charge in [-0.2, -0.15) is 11.3 Å². The third kappa shape index (κ3) is 8.67. The maximum absolute atomic E-state index is 14.1. The fourth-order valence-electron chi connectivity index (χ4n) is 6.63. The zero-order chi connectivity index (χ0) is 32.3. The molecule has 0 saturated heterocycles. The number of nitrogens with zero attached hydrogens (tertiary/aromatic N) is 2. The normalized spacial score (nSPS) is 13.5. The molecule has 245 valence electrons. The van der Waals surface area contributed by atoms with Gasteiger partial charge < -0.3 is 4.98 Å². The number of rotatable bonds is 7. The van der Waals surface area contributed by atoms with Gasteiger partial charge in [-0.05, 0) is 40.3 Å². The SMILES string of the molecule is CC(C)Cc1cc(-c2[c-]cccc2)nc[c]1[Ge]([CH3])([CH3])[CH3].Fc1cccc2c1sc1c[c-]c(-c3cc(CC4CCCC4)ccn3)cc12.[Ir]. The van der Waals surface area contributed by atoms with Gasteiger partial charge in [0.05, 0.1) is 4.70 Å². The van der Waals surface area contributed by atoms with E-state index in [1.807, 2.05) is 36.5 Å². The molecule has 3 aromatic carbocycles. The molecule has 1 fully saturated rings. The summed E-state index contributed by atoms with van der Waals surface area (Å²) in [6.45, 7) is 4.57. The van der Waals surface area contributed by atoms with Crippen molar-refractivity contribution in [1.29, 1.82) is 0 Å². The summed E-state index contributed by atoms with van der Waals surface area (Å²) >= 11 is -0.368. The van der Waals surface area contributed by atoms with E-state index in [0.717, 1.165) is 61.4 Å². The van der Waals surface area contributed by atoms with Gasteiger partial charge in [0.2, 0.25) is 0 Å². The third-order valence-electron chi connectivity index (χ3n) is 8.89. The van der Waals surface area contributed by atoms with Crippen molar-refractivity contribution in [3.63, 3.8) is 0 Å². The number of halogens is 1. The number of fused-ring (bicyclic) bond motifs is 3. The van der Waals surface area contributed by atoms with Gasteiger partial charge >= 0.3 is 126 Å². The monoisotopic (exact) mass is 881 g/mol. The van der Waals surface area contributed by atoms with Crippen LogP contribution in [-0.2, 0) is 32.9 Å². The molecule has 1 aliphatic carbocycles. The van der Waals surface area contributed by atoms with Gasteiger partial charge in [0.15, 0.2) is 0 Å². The van der Waals surface area contributed by atoms with E-state index in [-0.39, 0.29) is 25.9 Å². The summed E-state index contributed by atoms with van der Waals surface area (Å²) in [7, 11) is 0. The Hall–Kier alpha value is -2.70. The third-order valence-corrected chi connectivity index (χ3v) is 14.4. The first-order valence-corrected chi connectivity index (χ1v) is 24.8. The van der Waals surface area contributed by atoms with Gasteiger partial charge in [0.1, 0.15) is 5.82 Å². The molecular formula is C41H43FGeIrN2S-2. The summed E-state index contributed by atoms with van der Waals surface area (Å²) in [6.07, 6.45) is 11.8.